The molecular weight excluding hydrogens is 174 g/mol. The highest BCUT2D eigenvalue weighted by Crippen LogP contribution is 2.15. The van der Waals surface area contributed by atoms with Gasteiger partial charge in [-0.15, -0.1) is 11.8 Å². The van der Waals surface area contributed by atoms with E-state index in [1.807, 2.05) is 5.41 Å². The van der Waals surface area contributed by atoms with Crippen LogP contribution in [0, 0.1) is 0 Å². The minimum atomic E-state index is -0.337. The van der Waals surface area contributed by atoms with Gasteiger partial charge in [0, 0.05) is 0 Å². The van der Waals surface area contributed by atoms with Crippen LogP contribution in [-0.2, 0) is 9.63 Å². The fraction of sp³-hybridized carbons (Fsp3) is 0.500. The van der Waals surface area contributed by atoms with E-state index in [1.165, 1.54) is 0 Å². The zero-order chi connectivity index (χ0) is 8.97. The first kappa shape index (κ1) is 9.32. The van der Waals surface area contributed by atoms with E-state index in [0.717, 1.165) is 12.2 Å². The number of carbonyl (C=O) groups excluding carboxylic acids is 1. The zero-order valence-corrected chi connectivity index (χ0v) is 7.98. The van der Waals surface area contributed by atoms with Gasteiger partial charge in [0.2, 0.25) is 0 Å². The Bertz CT molecular complexity index is 245. The third-order valence-electron chi connectivity index (χ3n) is 1.40. The summed E-state index contributed by atoms with van der Waals surface area (Å²) in [5, 5.41) is 5.38. The smallest absolute Gasteiger partial charge is 0.312 e. The monoisotopic (exact) mass is 185 g/mol. The second kappa shape index (κ2) is 4.30. The molecule has 0 radical (unpaired) electrons. The summed E-state index contributed by atoms with van der Waals surface area (Å²) in [6.07, 6.45) is 1.10. The molecule has 0 fully saturated rings. The number of oxime groups is 1. The summed E-state index contributed by atoms with van der Waals surface area (Å²) in [7, 11) is 0. The Morgan fingerprint density at radius 3 is 2.92 bits per heavy atom. The van der Waals surface area contributed by atoms with Crippen molar-refractivity contribution in [3.05, 3.63) is 11.0 Å². The van der Waals surface area contributed by atoms with E-state index < -0.39 is 0 Å². The minimum Gasteiger partial charge on any atom is -0.312 e. The van der Waals surface area contributed by atoms with Crippen molar-refractivity contribution in [2.75, 3.05) is 5.75 Å². The molecule has 0 aromatic heterocycles. The largest absolute Gasteiger partial charge is 0.368 e. The van der Waals surface area contributed by atoms with Crippen molar-refractivity contribution in [1.29, 1.82) is 0 Å². The lowest BCUT2D eigenvalue weighted by Gasteiger charge is -1.92. The maximum Gasteiger partial charge on any atom is 0.368 e. The molecule has 66 valence electrons. The molecule has 12 heavy (non-hydrogen) atoms. The Balaban J connectivity index is 2.54. The summed E-state index contributed by atoms with van der Waals surface area (Å²) in [6, 6.07) is 0. The molecule has 3 nitrogen and oxygen atoms in total. The summed E-state index contributed by atoms with van der Waals surface area (Å²) in [5.41, 5.74) is 1.26. The molecule has 0 atom stereocenters. The lowest BCUT2D eigenvalue weighted by Crippen LogP contribution is -2.01. The molecule has 0 saturated carbocycles. The number of thioether (sulfide) groups is 1. The van der Waals surface area contributed by atoms with Crippen molar-refractivity contribution in [3.8, 4) is 0 Å². The lowest BCUT2D eigenvalue weighted by atomic mass is 10.2. The fourth-order valence-electron chi connectivity index (χ4n) is 0.749. The summed E-state index contributed by atoms with van der Waals surface area (Å²) in [6.45, 7) is 3.86. The predicted molar refractivity (Wildman–Crippen MR) is 50.0 cm³/mol. The van der Waals surface area contributed by atoms with Crippen LogP contribution in [0.3, 0.4) is 0 Å². The maximum atomic E-state index is 11.0. The molecule has 0 spiro atoms. The number of rotatable bonds is 3. The number of hydrogen-bond donors (Lipinski definition) is 0. The Hall–Kier alpha value is -0.770. The lowest BCUT2D eigenvalue weighted by molar-refractivity contribution is -0.136. The van der Waals surface area contributed by atoms with Gasteiger partial charge in [0.15, 0.2) is 0 Å². The van der Waals surface area contributed by atoms with Gasteiger partial charge in [0.1, 0.15) is 0 Å². The normalized spacial score (nSPS) is 19.7. The zero-order valence-electron chi connectivity index (χ0n) is 7.16. The molecule has 0 bridgehead atoms. The van der Waals surface area contributed by atoms with Crippen LogP contribution >= 0.6 is 11.8 Å². The van der Waals surface area contributed by atoms with Crippen molar-refractivity contribution in [1.82, 2.24) is 0 Å². The molecule has 1 heterocycles. The topological polar surface area (TPSA) is 38.7 Å². The third kappa shape index (κ3) is 2.11. The van der Waals surface area contributed by atoms with Crippen LogP contribution in [0.1, 0.15) is 20.3 Å². The van der Waals surface area contributed by atoms with Crippen LogP contribution < -0.4 is 0 Å². The average Bonchev–Trinajstić information content (AvgIpc) is 2.35. The summed E-state index contributed by atoms with van der Waals surface area (Å²) in [4.78, 5) is 15.4. The molecule has 0 saturated heterocycles. The fourth-order valence-corrected chi connectivity index (χ4v) is 1.54. The first-order valence-electron chi connectivity index (χ1n) is 3.83. The van der Waals surface area contributed by atoms with E-state index in [9.17, 15) is 4.79 Å². The second-order valence-electron chi connectivity index (χ2n) is 2.46. The third-order valence-corrected chi connectivity index (χ3v) is 2.44. The molecule has 1 rings (SSSR count). The highest BCUT2D eigenvalue weighted by molar-refractivity contribution is 8.02. The SMILES string of the molecule is CCCSC=C1C(=O)ON=C1C. The van der Waals surface area contributed by atoms with Gasteiger partial charge in [0.25, 0.3) is 0 Å². The highest BCUT2D eigenvalue weighted by Gasteiger charge is 2.21. The highest BCUT2D eigenvalue weighted by atomic mass is 32.2. The van der Waals surface area contributed by atoms with Crippen molar-refractivity contribution in [2.24, 2.45) is 5.16 Å². The van der Waals surface area contributed by atoms with E-state index in [0.29, 0.717) is 11.3 Å². The Labute approximate surface area is 75.8 Å². The quantitative estimate of drug-likeness (QED) is 0.383. The van der Waals surface area contributed by atoms with Crippen molar-refractivity contribution >= 4 is 23.4 Å². The maximum absolute atomic E-state index is 11.0. The predicted octanol–water partition coefficient (Wildman–Crippen LogP) is 1.95. The second-order valence-corrected chi connectivity index (χ2v) is 3.44. The van der Waals surface area contributed by atoms with Crippen LogP contribution in [0.5, 0.6) is 0 Å². The molecule has 0 aliphatic carbocycles. The van der Waals surface area contributed by atoms with Gasteiger partial charge in [-0.25, -0.2) is 4.79 Å². The minimum absolute atomic E-state index is 0.337. The standard InChI is InChI=1S/C8H11NO2S/c1-3-4-12-5-7-6(2)9-11-8(7)10/h5H,3-4H2,1-2H3. The van der Waals surface area contributed by atoms with Gasteiger partial charge in [-0.05, 0) is 24.5 Å². The van der Waals surface area contributed by atoms with E-state index >= 15 is 0 Å². The number of carbonyl (C=O) groups is 1. The van der Waals surface area contributed by atoms with Crippen LogP contribution in [0.2, 0.25) is 0 Å². The van der Waals surface area contributed by atoms with Gasteiger partial charge in [-0.3, -0.25) is 0 Å². The van der Waals surface area contributed by atoms with Crippen LogP contribution in [0.25, 0.3) is 0 Å². The van der Waals surface area contributed by atoms with E-state index in [4.69, 9.17) is 0 Å². The summed E-state index contributed by atoms with van der Waals surface area (Å²) < 4.78 is 0. The number of hydrogen-bond acceptors (Lipinski definition) is 4. The van der Waals surface area contributed by atoms with Crippen molar-refractivity contribution < 1.29 is 9.63 Å². The molecule has 0 amide bonds. The molecule has 0 aromatic rings. The average molecular weight is 185 g/mol. The van der Waals surface area contributed by atoms with Crippen LogP contribution in [0.4, 0.5) is 0 Å². The van der Waals surface area contributed by atoms with E-state index in [2.05, 4.69) is 16.9 Å². The molecule has 1 aliphatic heterocycles. The molecular formula is C8H11NO2S. The Morgan fingerprint density at radius 1 is 1.67 bits per heavy atom. The van der Waals surface area contributed by atoms with Gasteiger partial charge in [-0.2, -0.15) is 0 Å². The summed E-state index contributed by atoms with van der Waals surface area (Å²) in [5.74, 6) is 0.681. The van der Waals surface area contributed by atoms with Crippen LogP contribution in [0.15, 0.2) is 16.1 Å². The van der Waals surface area contributed by atoms with Gasteiger partial charge >= 0.3 is 5.97 Å². The molecule has 0 N–H and O–H groups in total. The van der Waals surface area contributed by atoms with Gasteiger partial charge in [0.05, 0.1) is 11.3 Å². The Morgan fingerprint density at radius 2 is 2.42 bits per heavy atom. The van der Waals surface area contributed by atoms with Crippen molar-refractivity contribution in [2.45, 2.75) is 20.3 Å². The molecule has 1 aliphatic rings. The molecule has 0 unspecified atom stereocenters. The number of nitrogens with zero attached hydrogens (tertiary/aromatic N) is 1. The molecule has 0 aromatic carbocycles. The first-order valence-corrected chi connectivity index (χ1v) is 4.88. The molecule has 4 heteroatoms. The Kier molecular flexibility index (Phi) is 3.34. The summed E-state index contributed by atoms with van der Waals surface area (Å²) >= 11 is 1.61. The van der Waals surface area contributed by atoms with Crippen molar-refractivity contribution in [3.63, 3.8) is 0 Å². The van der Waals surface area contributed by atoms with Crippen LogP contribution in [-0.4, -0.2) is 17.4 Å². The van der Waals surface area contributed by atoms with E-state index in [-0.39, 0.29) is 5.97 Å². The van der Waals surface area contributed by atoms with Gasteiger partial charge < -0.3 is 4.84 Å². The first-order chi connectivity index (χ1) is 5.75. The van der Waals surface area contributed by atoms with Gasteiger partial charge in [-0.1, -0.05) is 12.1 Å². The van der Waals surface area contributed by atoms with E-state index in [1.54, 1.807) is 18.7 Å².